The molecule has 27 heavy (non-hydrogen) atoms. The van der Waals surface area contributed by atoms with Gasteiger partial charge in [0.15, 0.2) is 0 Å². The Morgan fingerprint density at radius 2 is 1.89 bits per heavy atom. The van der Waals surface area contributed by atoms with Gasteiger partial charge in [0, 0.05) is 22.7 Å². The van der Waals surface area contributed by atoms with Gasteiger partial charge < -0.3 is 4.74 Å². The lowest BCUT2D eigenvalue weighted by atomic mass is 10.1. The van der Waals surface area contributed by atoms with Crippen molar-refractivity contribution in [1.82, 2.24) is 9.97 Å². The van der Waals surface area contributed by atoms with Gasteiger partial charge in [0.25, 0.3) is 0 Å². The Bertz CT molecular complexity index is 872. The summed E-state index contributed by atoms with van der Waals surface area (Å²) in [6, 6.07) is 9.30. The molecule has 0 saturated heterocycles. The van der Waals surface area contributed by atoms with E-state index in [0.717, 1.165) is 53.2 Å². The Labute approximate surface area is 160 Å². The Morgan fingerprint density at radius 1 is 1.00 bits per heavy atom. The number of aromatic nitrogens is 2. The maximum absolute atomic E-state index is 12.8. The second-order valence-electron chi connectivity index (χ2n) is 5.99. The standard InChI is InChI=1S/C20H19F3N2OS/c21-20(22,23)15-6-7-17-18(13-15)25-10-8-19(17)27-12-3-1-2-11-26-16-5-4-9-24-14-16/h4-10,13-14H,1-3,11-12H2. The average Bonchev–Trinajstić information content (AvgIpc) is 2.67. The molecule has 2 heterocycles. The monoisotopic (exact) mass is 392 g/mol. The molecule has 0 aliphatic rings. The Balaban J connectivity index is 1.46. The van der Waals surface area contributed by atoms with Gasteiger partial charge in [0.2, 0.25) is 0 Å². The quantitative estimate of drug-likeness (QED) is 0.348. The number of unbranched alkanes of at least 4 members (excludes halogenated alkanes) is 2. The molecule has 7 heteroatoms. The third-order valence-corrected chi connectivity index (χ3v) is 5.14. The van der Waals surface area contributed by atoms with Crippen LogP contribution in [0.2, 0.25) is 0 Å². The van der Waals surface area contributed by atoms with Gasteiger partial charge in [-0.25, -0.2) is 0 Å². The third-order valence-electron chi connectivity index (χ3n) is 3.98. The summed E-state index contributed by atoms with van der Waals surface area (Å²) in [5.41, 5.74) is -0.294. The van der Waals surface area contributed by atoms with Crippen LogP contribution in [-0.2, 0) is 6.18 Å². The average molecular weight is 392 g/mol. The van der Waals surface area contributed by atoms with Crippen molar-refractivity contribution < 1.29 is 17.9 Å². The largest absolute Gasteiger partial charge is 0.492 e. The smallest absolute Gasteiger partial charge is 0.416 e. The summed E-state index contributed by atoms with van der Waals surface area (Å²) in [6.45, 7) is 0.648. The van der Waals surface area contributed by atoms with Crippen molar-refractivity contribution in [3.63, 3.8) is 0 Å². The maximum Gasteiger partial charge on any atom is 0.416 e. The van der Waals surface area contributed by atoms with Crippen LogP contribution in [0.1, 0.15) is 24.8 Å². The van der Waals surface area contributed by atoms with Gasteiger partial charge >= 0.3 is 6.18 Å². The molecule has 0 aliphatic carbocycles. The number of benzene rings is 1. The number of halogens is 3. The second kappa shape index (κ2) is 9.08. The first-order valence-corrected chi connectivity index (χ1v) is 9.64. The fourth-order valence-electron chi connectivity index (χ4n) is 2.61. The van der Waals surface area contributed by atoms with E-state index in [4.69, 9.17) is 4.74 Å². The molecule has 0 saturated carbocycles. The second-order valence-corrected chi connectivity index (χ2v) is 7.12. The van der Waals surface area contributed by atoms with Gasteiger partial charge in [-0.1, -0.05) is 6.07 Å². The van der Waals surface area contributed by atoms with Crippen molar-refractivity contribution in [2.75, 3.05) is 12.4 Å². The van der Waals surface area contributed by atoms with Crippen LogP contribution in [0.4, 0.5) is 13.2 Å². The van der Waals surface area contributed by atoms with Crippen molar-refractivity contribution in [2.24, 2.45) is 0 Å². The van der Waals surface area contributed by atoms with Gasteiger partial charge in [-0.05, 0) is 55.3 Å². The van der Waals surface area contributed by atoms with E-state index in [-0.39, 0.29) is 0 Å². The lowest BCUT2D eigenvalue weighted by Crippen LogP contribution is -2.04. The number of rotatable bonds is 8. The zero-order valence-electron chi connectivity index (χ0n) is 14.6. The first-order valence-electron chi connectivity index (χ1n) is 8.65. The van der Waals surface area contributed by atoms with Gasteiger partial charge in [-0.2, -0.15) is 13.2 Å². The zero-order chi connectivity index (χ0) is 19.1. The predicted octanol–water partition coefficient (Wildman–Crippen LogP) is 5.99. The molecule has 0 aliphatic heterocycles. The lowest BCUT2D eigenvalue weighted by Gasteiger charge is -2.10. The van der Waals surface area contributed by atoms with Crippen molar-refractivity contribution in [3.8, 4) is 5.75 Å². The van der Waals surface area contributed by atoms with Crippen LogP contribution in [0.3, 0.4) is 0 Å². The minimum absolute atomic E-state index is 0.375. The number of pyridine rings is 2. The van der Waals surface area contributed by atoms with E-state index in [1.165, 1.54) is 6.07 Å². The highest BCUT2D eigenvalue weighted by Crippen LogP contribution is 2.33. The maximum atomic E-state index is 12.8. The molecule has 142 valence electrons. The normalized spacial score (nSPS) is 11.7. The van der Waals surface area contributed by atoms with Gasteiger partial charge in [-0.3, -0.25) is 9.97 Å². The number of ether oxygens (including phenoxy) is 1. The molecule has 0 unspecified atom stereocenters. The van der Waals surface area contributed by atoms with Gasteiger partial charge in [0.05, 0.1) is 23.9 Å². The number of alkyl halides is 3. The van der Waals surface area contributed by atoms with E-state index in [9.17, 15) is 13.2 Å². The van der Waals surface area contributed by atoms with E-state index in [1.54, 1.807) is 30.4 Å². The first-order chi connectivity index (χ1) is 13.0. The van der Waals surface area contributed by atoms with Gasteiger partial charge in [0.1, 0.15) is 5.75 Å². The Hall–Kier alpha value is -2.28. The highest BCUT2D eigenvalue weighted by Gasteiger charge is 2.30. The summed E-state index contributed by atoms with van der Waals surface area (Å²) in [7, 11) is 0. The van der Waals surface area contributed by atoms with Crippen LogP contribution in [0.25, 0.3) is 10.9 Å². The lowest BCUT2D eigenvalue weighted by molar-refractivity contribution is -0.137. The van der Waals surface area contributed by atoms with Crippen LogP contribution < -0.4 is 4.74 Å². The van der Waals surface area contributed by atoms with Crippen molar-refractivity contribution in [2.45, 2.75) is 30.3 Å². The molecule has 0 bridgehead atoms. The van der Waals surface area contributed by atoms with E-state index < -0.39 is 11.7 Å². The number of thioether (sulfide) groups is 1. The molecule has 0 spiro atoms. The van der Waals surface area contributed by atoms with Crippen LogP contribution in [0.15, 0.2) is 59.9 Å². The van der Waals surface area contributed by atoms with Crippen LogP contribution >= 0.6 is 11.8 Å². The molecule has 0 N–H and O–H groups in total. The van der Waals surface area contributed by atoms with E-state index in [1.807, 2.05) is 18.2 Å². The summed E-state index contributed by atoms with van der Waals surface area (Å²) in [4.78, 5) is 9.03. The van der Waals surface area contributed by atoms with Gasteiger partial charge in [-0.15, -0.1) is 11.8 Å². The molecule has 1 aromatic carbocycles. The molecule has 3 nitrogen and oxygen atoms in total. The van der Waals surface area contributed by atoms with Crippen LogP contribution in [0.5, 0.6) is 5.75 Å². The molecule has 2 aromatic heterocycles. The van der Waals surface area contributed by atoms with Crippen molar-refractivity contribution in [3.05, 3.63) is 60.6 Å². The number of nitrogens with zero attached hydrogens (tertiary/aromatic N) is 2. The summed E-state index contributed by atoms with van der Waals surface area (Å²) < 4.78 is 44.1. The summed E-state index contributed by atoms with van der Waals surface area (Å²) >= 11 is 1.65. The molecular formula is C20H19F3N2OS. The molecule has 3 aromatic rings. The van der Waals surface area contributed by atoms with E-state index in [2.05, 4.69) is 9.97 Å². The highest BCUT2D eigenvalue weighted by atomic mass is 32.2. The minimum Gasteiger partial charge on any atom is -0.492 e. The van der Waals surface area contributed by atoms with Crippen molar-refractivity contribution >= 4 is 22.7 Å². The summed E-state index contributed by atoms with van der Waals surface area (Å²) in [6.07, 6.45) is 3.58. The molecule has 0 radical (unpaired) electrons. The summed E-state index contributed by atoms with van der Waals surface area (Å²) in [5.74, 6) is 1.67. The Kier molecular flexibility index (Phi) is 6.55. The first kappa shape index (κ1) is 19.5. The SMILES string of the molecule is FC(F)(F)c1ccc2c(SCCCCCOc3cccnc3)ccnc2c1. The number of hydrogen-bond donors (Lipinski definition) is 0. The molecule has 0 fully saturated rings. The topological polar surface area (TPSA) is 35.0 Å². The predicted molar refractivity (Wildman–Crippen MR) is 101 cm³/mol. The molecule has 3 rings (SSSR count). The fourth-order valence-corrected chi connectivity index (χ4v) is 3.66. The third kappa shape index (κ3) is 5.60. The number of fused-ring (bicyclic) bond motifs is 1. The number of hydrogen-bond acceptors (Lipinski definition) is 4. The fraction of sp³-hybridized carbons (Fsp3) is 0.300. The van der Waals surface area contributed by atoms with Crippen molar-refractivity contribution in [1.29, 1.82) is 0 Å². The van der Waals surface area contributed by atoms with E-state index >= 15 is 0 Å². The van der Waals surface area contributed by atoms with Crippen LogP contribution in [0, 0.1) is 0 Å². The molecular weight excluding hydrogens is 373 g/mol. The minimum atomic E-state index is -4.35. The molecule has 0 amide bonds. The van der Waals surface area contributed by atoms with Crippen LogP contribution in [-0.4, -0.2) is 22.3 Å². The Morgan fingerprint density at radius 3 is 2.67 bits per heavy atom. The summed E-state index contributed by atoms with van der Waals surface area (Å²) in [5, 5.41) is 0.760. The molecule has 0 atom stereocenters. The zero-order valence-corrected chi connectivity index (χ0v) is 15.4. The highest BCUT2D eigenvalue weighted by molar-refractivity contribution is 7.99. The van der Waals surface area contributed by atoms with E-state index in [0.29, 0.717) is 12.1 Å².